The van der Waals surface area contributed by atoms with Crippen LogP contribution in [0.5, 0.6) is 0 Å². The van der Waals surface area contributed by atoms with Gasteiger partial charge in [-0.2, -0.15) is 5.10 Å². The van der Waals surface area contributed by atoms with E-state index in [0.29, 0.717) is 11.3 Å². The molecular formula is C11H12FN3O2S. The molecule has 0 aliphatic rings. The Morgan fingerprint density at radius 2 is 2.00 bits per heavy atom. The van der Waals surface area contributed by atoms with E-state index in [1.54, 1.807) is 19.9 Å². The molecule has 18 heavy (non-hydrogen) atoms. The number of nitrogens with zero attached hydrogens (tertiary/aromatic N) is 1. The van der Waals surface area contributed by atoms with Crippen molar-refractivity contribution in [1.29, 1.82) is 0 Å². The number of anilines is 1. The van der Waals surface area contributed by atoms with Gasteiger partial charge in [0.1, 0.15) is 10.7 Å². The van der Waals surface area contributed by atoms with Crippen molar-refractivity contribution in [2.75, 3.05) is 4.72 Å². The Hall–Kier alpha value is -1.89. The molecule has 0 aliphatic carbocycles. The topological polar surface area (TPSA) is 74.8 Å². The Labute approximate surface area is 104 Å². The maximum Gasteiger partial charge on any atom is 0.265 e. The van der Waals surface area contributed by atoms with Gasteiger partial charge in [-0.3, -0.25) is 9.82 Å². The number of aromatic nitrogens is 2. The van der Waals surface area contributed by atoms with E-state index in [9.17, 15) is 12.8 Å². The number of aromatic amines is 1. The Morgan fingerprint density at radius 3 is 2.56 bits per heavy atom. The first-order valence-corrected chi connectivity index (χ1v) is 6.67. The number of hydrogen-bond donors (Lipinski definition) is 2. The van der Waals surface area contributed by atoms with Gasteiger partial charge in [-0.15, -0.1) is 0 Å². The molecule has 0 aliphatic heterocycles. The summed E-state index contributed by atoms with van der Waals surface area (Å²) in [5.74, 6) is -0.489. The van der Waals surface area contributed by atoms with Crippen LogP contribution in [0.3, 0.4) is 0 Å². The molecule has 1 aromatic heterocycles. The van der Waals surface area contributed by atoms with Crippen LogP contribution in [0.1, 0.15) is 11.3 Å². The fourth-order valence-electron chi connectivity index (χ4n) is 1.62. The van der Waals surface area contributed by atoms with Crippen molar-refractivity contribution in [3.8, 4) is 0 Å². The molecular weight excluding hydrogens is 257 g/mol. The standard InChI is InChI=1S/C11H12FN3O2S/c1-7-3-9(12)5-10(4-7)15-18(16,17)11-6-13-14-8(11)2/h3-6,15H,1-2H3,(H,13,14). The highest BCUT2D eigenvalue weighted by atomic mass is 32.2. The second-order valence-corrected chi connectivity index (χ2v) is 5.63. The number of sulfonamides is 1. The Kier molecular flexibility index (Phi) is 3.08. The molecule has 0 spiro atoms. The molecule has 2 rings (SSSR count). The maximum absolute atomic E-state index is 13.2. The second kappa shape index (κ2) is 4.41. The molecule has 1 aromatic carbocycles. The predicted molar refractivity (Wildman–Crippen MR) is 65.3 cm³/mol. The Bertz CT molecular complexity index is 659. The monoisotopic (exact) mass is 269 g/mol. The quantitative estimate of drug-likeness (QED) is 0.894. The summed E-state index contributed by atoms with van der Waals surface area (Å²) in [5, 5.41) is 6.19. The molecule has 0 unspecified atom stereocenters. The molecule has 0 bridgehead atoms. The van der Waals surface area contributed by atoms with Crippen molar-refractivity contribution in [3.05, 3.63) is 41.5 Å². The first kappa shape index (κ1) is 12.6. The van der Waals surface area contributed by atoms with Crippen molar-refractivity contribution >= 4 is 15.7 Å². The van der Waals surface area contributed by atoms with Crippen LogP contribution in [0, 0.1) is 19.7 Å². The second-order valence-electron chi connectivity index (χ2n) is 3.98. The van der Waals surface area contributed by atoms with Crippen LogP contribution < -0.4 is 4.72 Å². The van der Waals surface area contributed by atoms with Gasteiger partial charge in [0.2, 0.25) is 0 Å². The van der Waals surface area contributed by atoms with Crippen molar-refractivity contribution < 1.29 is 12.8 Å². The first-order valence-electron chi connectivity index (χ1n) is 5.18. The highest BCUT2D eigenvalue weighted by Crippen LogP contribution is 2.19. The summed E-state index contributed by atoms with van der Waals surface area (Å²) in [6.45, 7) is 3.28. The van der Waals surface area contributed by atoms with E-state index in [-0.39, 0.29) is 10.6 Å². The largest absolute Gasteiger partial charge is 0.281 e. The molecule has 2 aromatic rings. The number of benzene rings is 1. The van der Waals surface area contributed by atoms with Crippen LogP contribution in [-0.2, 0) is 10.0 Å². The lowest BCUT2D eigenvalue weighted by atomic mass is 10.2. The van der Waals surface area contributed by atoms with Crippen LogP contribution in [0.4, 0.5) is 10.1 Å². The summed E-state index contributed by atoms with van der Waals surface area (Å²) < 4.78 is 39.5. The number of nitrogens with one attached hydrogen (secondary N) is 2. The minimum atomic E-state index is -3.74. The van der Waals surface area contributed by atoms with Gasteiger partial charge < -0.3 is 0 Å². The van der Waals surface area contributed by atoms with Crippen LogP contribution in [0.2, 0.25) is 0 Å². The molecule has 5 nitrogen and oxygen atoms in total. The van der Waals surface area contributed by atoms with Gasteiger partial charge in [-0.05, 0) is 37.6 Å². The lowest BCUT2D eigenvalue weighted by Crippen LogP contribution is -2.13. The molecule has 7 heteroatoms. The maximum atomic E-state index is 13.2. The summed E-state index contributed by atoms with van der Waals surface area (Å²) in [6.07, 6.45) is 1.21. The summed E-state index contributed by atoms with van der Waals surface area (Å²) >= 11 is 0. The lowest BCUT2D eigenvalue weighted by molar-refractivity contribution is 0.600. The molecule has 0 radical (unpaired) electrons. The van der Waals surface area contributed by atoms with Gasteiger partial charge in [-0.25, -0.2) is 12.8 Å². The molecule has 0 saturated heterocycles. The highest BCUT2D eigenvalue weighted by molar-refractivity contribution is 7.92. The van der Waals surface area contributed by atoms with Gasteiger partial charge >= 0.3 is 0 Å². The fraction of sp³-hybridized carbons (Fsp3) is 0.182. The lowest BCUT2D eigenvalue weighted by Gasteiger charge is -2.08. The zero-order chi connectivity index (χ0) is 13.3. The highest BCUT2D eigenvalue weighted by Gasteiger charge is 2.18. The Balaban J connectivity index is 2.37. The summed E-state index contributed by atoms with van der Waals surface area (Å²) in [5.41, 5.74) is 1.25. The average molecular weight is 269 g/mol. The number of halogens is 1. The Morgan fingerprint density at radius 1 is 1.28 bits per heavy atom. The van der Waals surface area contributed by atoms with E-state index in [1.807, 2.05) is 0 Å². The number of hydrogen-bond acceptors (Lipinski definition) is 3. The van der Waals surface area contributed by atoms with E-state index >= 15 is 0 Å². The third-order valence-electron chi connectivity index (χ3n) is 2.37. The summed E-state index contributed by atoms with van der Waals surface area (Å²) in [4.78, 5) is 0.0458. The van der Waals surface area contributed by atoms with Gasteiger partial charge in [0.05, 0.1) is 17.6 Å². The summed E-state index contributed by atoms with van der Waals surface area (Å²) in [6, 6.07) is 4.00. The van der Waals surface area contributed by atoms with Crippen molar-refractivity contribution in [2.24, 2.45) is 0 Å². The van der Waals surface area contributed by atoms with Crippen LogP contribution >= 0.6 is 0 Å². The molecule has 2 N–H and O–H groups in total. The molecule has 0 atom stereocenters. The van der Waals surface area contributed by atoms with E-state index in [0.717, 1.165) is 6.07 Å². The summed E-state index contributed by atoms with van der Waals surface area (Å²) in [7, 11) is -3.74. The average Bonchev–Trinajstić information content (AvgIpc) is 2.62. The minimum Gasteiger partial charge on any atom is -0.281 e. The van der Waals surface area contributed by atoms with Crippen LogP contribution in [0.15, 0.2) is 29.3 Å². The van der Waals surface area contributed by atoms with Gasteiger partial charge in [0.25, 0.3) is 10.0 Å². The molecule has 0 fully saturated rings. The molecule has 96 valence electrons. The third-order valence-corrected chi connectivity index (χ3v) is 3.86. The van der Waals surface area contributed by atoms with Gasteiger partial charge in [-0.1, -0.05) is 0 Å². The number of H-pyrrole nitrogens is 1. The minimum absolute atomic E-state index is 0.0458. The third kappa shape index (κ3) is 2.51. The smallest absolute Gasteiger partial charge is 0.265 e. The van der Waals surface area contributed by atoms with E-state index in [2.05, 4.69) is 14.9 Å². The van der Waals surface area contributed by atoms with E-state index in [1.165, 1.54) is 12.3 Å². The molecule has 0 amide bonds. The van der Waals surface area contributed by atoms with Crippen molar-refractivity contribution in [1.82, 2.24) is 10.2 Å². The van der Waals surface area contributed by atoms with Gasteiger partial charge in [0, 0.05) is 0 Å². The normalized spacial score (nSPS) is 11.5. The van der Waals surface area contributed by atoms with Crippen molar-refractivity contribution in [3.63, 3.8) is 0 Å². The van der Waals surface area contributed by atoms with E-state index < -0.39 is 15.8 Å². The van der Waals surface area contributed by atoms with Crippen LogP contribution in [0.25, 0.3) is 0 Å². The SMILES string of the molecule is Cc1cc(F)cc(NS(=O)(=O)c2cn[nH]c2C)c1. The van der Waals surface area contributed by atoms with Gasteiger partial charge in [0.15, 0.2) is 0 Å². The number of aryl methyl sites for hydroxylation is 2. The fourth-order valence-corrected chi connectivity index (χ4v) is 2.79. The zero-order valence-corrected chi connectivity index (χ0v) is 10.7. The zero-order valence-electron chi connectivity index (χ0n) is 9.86. The predicted octanol–water partition coefficient (Wildman–Crippen LogP) is 1.97. The number of rotatable bonds is 3. The first-order chi connectivity index (χ1) is 8.38. The van der Waals surface area contributed by atoms with E-state index in [4.69, 9.17) is 0 Å². The van der Waals surface area contributed by atoms with Crippen LogP contribution in [-0.4, -0.2) is 18.6 Å². The molecule has 0 saturated carbocycles. The molecule has 1 heterocycles. The van der Waals surface area contributed by atoms with Crippen molar-refractivity contribution in [2.45, 2.75) is 18.7 Å².